The van der Waals surface area contributed by atoms with Gasteiger partial charge in [0.2, 0.25) is 0 Å². The summed E-state index contributed by atoms with van der Waals surface area (Å²) < 4.78 is 4.17. The van der Waals surface area contributed by atoms with Gasteiger partial charge in [0, 0.05) is 23.2 Å². The highest BCUT2D eigenvalue weighted by Gasteiger charge is 2.23. The number of unbranched alkanes of at least 4 members (excludes halogenated alkanes) is 1. The van der Waals surface area contributed by atoms with E-state index in [1.807, 2.05) is 22.9 Å². The lowest BCUT2D eigenvalue weighted by Gasteiger charge is -2.22. The molecule has 5 rings (SSSR count). The first-order valence-electron chi connectivity index (χ1n) is 12.0. The van der Waals surface area contributed by atoms with Crippen molar-refractivity contribution in [3.05, 3.63) is 86.9 Å². The van der Waals surface area contributed by atoms with Crippen LogP contribution in [0.5, 0.6) is 0 Å². The van der Waals surface area contributed by atoms with Gasteiger partial charge in [-0.2, -0.15) is 0 Å². The van der Waals surface area contributed by atoms with Crippen molar-refractivity contribution in [3.63, 3.8) is 0 Å². The molecule has 34 heavy (non-hydrogen) atoms. The SMILES string of the molecule is CCCCc1c(Cc2ccc(-c3ccccc3-c3nnn[nH]3)cc2)c(=O)n2n1CC(C)=C(C)C2. The molecule has 0 fully saturated rings. The zero-order valence-corrected chi connectivity index (χ0v) is 20.0. The molecule has 1 aliphatic heterocycles. The van der Waals surface area contributed by atoms with Gasteiger partial charge >= 0.3 is 0 Å². The van der Waals surface area contributed by atoms with Gasteiger partial charge in [0.1, 0.15) is 0 Å². The molecule has 2 aromatic heterocycles. The quantitative estimate of drug-likeness (QED) is 0.408. The van der Waals surface area contributed by atoms with Crippen LogP contribution in [0.4, 0.5) is 0 Å². The van der Waals surface area contributed by atoms with Crippen LogP contribution in [0, 0.1) is 0 Å². The van der Waals surface area contributed by atoms with Crippen molar-refractivity contribution in [2.45, 2.75) is 59.5 Å². The molecule has 0 saturated carbocycles. The molecule has 0 aliphatic carbocycles. The Morgan fingerprint density at radius 2 is 1.65 bits per heavy atom. The van der Waals surface area contributed by atoms with E-state index in [1.165, 1.54) is 16.8 Å². The normalized spacial score (nSPS) is 13.4. The summed E-state index contributed by atoms with van der Waals surface area (Å²) in [6.07, 6.45) is 3.79. The largest absolute Gasteiger partial charge is 0.282 e. The van der Waals surface area contributed by atoms with E-state index in [0.29, 0.717) is 18.8 Å². The Bertz CT molecular complexity index is 1390. The third-order valence-corrected chi connectivity index (χ3v) is 6.89. The minimum Gasteiger partial charge on any atom is -0.282 e. The molecule has 0 saturated heterocycles. The average Bonchev–Trinajstić information content (AvgIpc) is 3.47. The molecule has 0 unspecified atom stereocenters. The minimum atomic E-state index is 0.158. The van der Waals surface area contributed by atoms with Crippen LogP contribution >= 0.6 is 0 Å². The smallest absolute Gasteiger partial charge is 0.270 e. The summed E-state index contributed by atoms with van der Waals surface area (Å²) in [5.74, 6) is 0.645. The molecule has 3 heterocycles. The Balaban J connectivity index is 1.47. The molecule has 7 heteroatoms. The lowest BCUT2D eigenvalue weighted by Crippen LogP contribution is -2.29. The Labute approximate surface area is 199 Å². The van der Waals surface area contributed by atoms with E-state index in [9.17, 15) is 4.79 Å². The molecule has 7 nitrogen and oxygen atoms in total. The maximum atomic E-state index is 13.4. The molecule has 0 bridgehead atoms. The summed E-state index contributed by atoms with van der Waals surface area (Å²) in [5.41, 5.74) is 9.21. The summed E-state index contributed by atoms with van der Waals surface area (Å²) >= 11 is 0. The Morgan fingerprint density at radius 1 is 0.941 bits per heavy atom. The molecule has 0 spiro atoms. The second-order valence-corrected chi connectivity index (χ2v) is 9.18. The van der Waals surface area contributed by atoms with Crippen LogP contribution in [-0.4, -0.2) is 30.0 Å². The van der Waals surface area contributed by atoms with Gasteiger partial charge in [-0.05, 0) is 53.8 Å². The van der Waals surface area contributed by atoms with Crippen LogP contribution in [0.1, 0.15) is 50.4 Å². The first-order valence-corrected chi connectivity index (χ1v) is 12.0. The van der Waals surface area contributed by atoms with Crippen LogP contribution in [0.2, 0.25) is 0 Å². The van der Waals surface area contributed by atoms with Gasteiger partial charge in [0.15, 0.2) is 5.82 Å². The lowest BCUT2D eigenvalue weighted by molar-refractivity contribution is 0.447. The maximum absolute atomic E-state index is 13.4. The summed E-state index contributed by atoms with van der Waals surface area (Å²) in [7, 11) is 0. The van der Waals surface area contributed by atoms with Crippen molar-refractivity contribution < 1.29 is 0 Å². The molecule has 2 aromatic carbocycles. The third-order valence-electron chi connectivity index (χ3n) is 6.89. The van der Waals surface area contributed by atoms with Crippen LogP contribution in [0.3, 0.4) is 0 Å². The summed E-state index contributed by atoms with van der Waals surface area (Å²) in [6.45, 7) is 8.01. The Hall–Kier alpha value is -3.74. The number of allylic oxidation sites excluding steroid dienone is 2. The highest BCUT2D eigenvalue weighted by atomic mass is 16.1. The van der Waals surface area contributed by atoms with Gasteiger partial charge in [0.25, 0.3) is 5.56 Å². The van der Waals surface area contributed by atoms with Gasteiger partial charge in [-0.25, -0.2) is 9.78 Å². The van der Waals surface area contributed by atoms with Gasteiger partial charge < -0.3 is 0 Å². The van der Waals surface area contributed by atoms with Gasteiger partial charge in [-0.3, -0.25) is 9.48 Å². The molecule has 0 radical (unpaired) electrons. The number of hydrogen-bond acceptors (Lipinski definition) is 4. The van der Waals surface area contributed by atoms with E-state index in [4.69, 9.17) is 0 Å². The summed E-state index contributed by atoms with van der Waals surface area (Å²) in [5, 5.41) is 14.3. The summed E-state index contributed by atoms with van der Waals surface area (Å²) in [6, 6.07) is 16.6. The number of nitrogens with one attached hydrogen (secondary N) is 1. The maximum Gasteiger partial charge on any atom is 0.270 e. The van der Waals surface area contributed by atoms with Crippen molar-refractivity contribution in [1.82, 2.24) is 30.0 Å². The number of aromatic nitrogens is 6. The second kappa shape index (κ2) is 9.25. The van der Waals surface area contributed by atoms with E-state index in [0.717, 1.165) is 53.6 Å². The standard InChI is InChI=1S/C27H30N6O/c1-4-5-10-25-24(27(34)33-17-19(3)18(2)16-32(25)33)15-20-11-13-21(14-12-20)22-8-6-7-9-23(22)26-28-30-31-29-26/h6-9,11-14H,4-5,10,15-17H2,1-3H3,(H,28,29,30,31). The summed E-state index contributed by atoms with van der Waals surface area (Å²) in [4.78, 5) is 13.4. The predicted octanol–water partition coefficient (Wildman–Crippen LogP) is 4.78. The highest BCUT2D eigenvalue weighted by Crippen LogP contribution is 2.30. The fourth-order valence-electron chi connectivity index (χ4n) is 4.77. The number of hydrogen-bond donors (Lipinski definition) is 1. The van der Waals surface area contributed by atoms with E-state index >= 15 is 0 Å². The van der Waals surface area contributed by atoms with Crippen LogP contribution in [0.25, 0.3) is 22.5 Å². The van der Waals surface area contributed by atoms with Crippen molar-refractivity contribution in [3.8, 4) is 22.5 Å². The zero-order valence-electron chi connectivity index (χ0n) is 20.0. The van der Waals surface area contributed by atoms with Crippen LogP contribution in [-0.2, 0) is 25.9 Å². The van der Waals surface area contributed by atoms with E-state index < -0.39 is 0 Å². The van der Waals surface area contributed by atoms with Gasteiger partial charge in [-0.1, -0.05) is 73.0 Å². The first-order chi connectivity index (χ1) is 16.6. The minimum absolute atomic E-state index is 0.158. The Kier molecular flexibility index (Phi) is 6.01. The highest BCUT2D eigenvalue weighted by molar-refractivity contribution is 5.80. The number of rotatable bonds is 7. The predicted molar refractivity (Wildman–Crippen MR) is 134 cm³/mol. The van der Waals surface area contributed by atoms with Crippen LogP contribution in [0.15, 0.2) is 64.5 Å². The molecule has 174 valence electrons. The fraction of sp³-hybridized carbons (Fsp3) is 0.333. The van der Waals surface area contributed by atoms with Crippen molar-refractivity contribution in [2.75, 3.05) is 0 Å². The zero-order chi connectivity index (χ0) is 23.7. The van der Waals surface area contributed by atoms with Crippen LogP contribution < -0.4 is 5.56 Å². The number of aromatic amines is 1. The molecule has 0 atom stereocenters. The number of H-pyrrole nitrogens is 1. The molecular formula is C27H30N6O. The number of fused-ring (bicyclic) bond motifs is 1. The number of nitrogens with zero attached hydrogens (tertiary/aromatic N) is 5. The Morgan fingerprint density at radius 3 is 2.32 bits per heavy atom. The van der Waals surface area contributed by atoms with E-state index in [2.05, 4.69) is 76.4 Å². The average molecular weight is 455 g/mol. The number of benzene rings is 2. The molecular weight excluding hydrogens is 424 g/mol. The second-order valence-electron chi connectivity index (χ2n) is 9.18. The number of tetrazole rings is 1. The monoisotopic (exact) mass is 454 g/mol. The molecule has 1 aliphatic rings. The van der Waals surface area contributed by atoms with Gasteiger partial charge in [-0.15, -0.1) is 5.10 Å². The first kappa shape index (κ1) is 22.1. The van der Waals surface area contributed by atoms with Crippen molar-refractivity contribution in [1.29, 1.82) is 0 Å². The van der Waals surface area contributed by atoms with Gasteiger partial charge in [0.05, 0.1) is 13.1 Å². The lowest BCUT2D eigenvalue weighted by atomic mass is 9.96. The van der Waals surface area contributed by atoms with Crippen molar-refractivity contribution in [2.24, 2.45) is 0 Å². The molecule has 1 N–H and O–H groups in total. The molecule has 4 aromatic rings. The van der Waals surface area contributed by atoms with E-state index in [1.54, 1.807) is 0 Å². The van der Waals surface area contributed by atoms with E-state index in [-0.39, 0.29) is 5.56 Å². The fourth-order valence-corrected chi connectivity index (χ4v) is 4.77. The third kappa shape index (κ3) is 4.02. The van der Waals surface area contributed by atoms with Crippen molar-refractivity contribution >= 4 is 0 Å². The topological polar surface area (TPSA) is 81.4 Å². The molecule has 0 amide bonds.